The second kappa shape index (κ2) is 4.93. The molecule has 2 heterocycles. The highest BCUT2D eigenvalue weighted by atomic mass is 16.7. The van der Waals surface area contributed by atoms with Gasteiger partial charge >= 0.3 is 0 Å². The van der Waals surface area contributed by atoms with Gasteiger partial charge in [0, 0.05) is 18.1 Å². The summed E-state index contributed by atoms with van der Waals surface area (Å²) in [5, 5.41) is 5.05. The molecule has 1 aliphatic rings. The van der Waals surface area contributed by atoms with E-state index in [2.05, 4.69) is 10.3 Å². The van der Waals surface area contributed by atoms with Gasteiger partial charge in [0.1, 0.15) is 6.10 Å². The van der Waals surface area contributed by atoms with Crippen LogP contribution in [0.1, 0.15) is 6.92 Å². The van der Waals surface area contributed by atoms with Crippen molar-refractivity contribution in [3.63, 3.8) is 0 Å². The molecule has 1 atom stereocenters. The van der Waals surface area contributed by atoms with Crippen molar-refractivity contribution in [1.29, 1.82) is 0 Å². The molecular formula is C14H16N2O3. The van der Waals surface area contributed by atoms with Gasteiger partial charge in [0.2, 0.25) is 12.7 Å². The van der Waals surface area contributed by atoms with Gasteiger partial charge in [-0.3, -0.25) is 0 Å². The predicted octanol–water partition coefficient (Wildman–Crippen LogP) is 1.95. The van der Waals surface area contributed by atoms with Crippen molar-refractivity contribution >= 4 is 10.8 Å². The van der Waals surface area contributed by atoms with Crippen LogP contribution in [0.15, 0.2) is 24.4 Å². The second-order valence-electron chi connectivity index (χ2n) is 4.53. The van der Waals surface area contributed by atoms with Crippen LogP contribution in [0.25, 0.3) is 10.8 Å². The van der Waals surface area contributed by atoms with Gasteiger partial charge in [-0.2, -0.15) is 0 Å². The Kier molecular flexibility index (Phi) is 3.13. The summed E-state index contributed by atoms with van der Waals surface area (Å²) < 4.78 is 16.6. The van der Waals surface area contributed by atoms with Gasteiger partial charge in [0.15, 0.2) is 11.5 Å². The first-order valence-electron chi connectivity index (χ1n) is 6.27. The topological polar surface area (TPSA) is 52.6 Å². The Labute approximate surface area is 111 Å². The van der Waals surface area contributed by atoms with Crippen LogP contribution in [0, 0.1) is 0 Å². The molecule has 1 unspecified atom stereocenters. The number of likely N-dealkylation sites (N-methyl/N-ethyl adjacent to an activating group) is 1. The Morgan fingerprint density at radius 2 is 2.16 bits per heavy atom. The Morgan fingerprint density at radius 1 is 1.37 bits per heavy atom. The molecule has 19 heavy (non-hydrogen) atoms. The molecule has 0 radical (unpaired) electrons. The molecule has 1 N–H and O–H groups in total. The maximum atomic E-state index is 5.86. The van der Waals surface area contributed by atoms with E-state index in [-0.39, 0.29) is 12.9 Å². The molecule has 0 bridgehead atoms. The van der Waals surface area contributed by atoms with Crippen LogP contribution in [-0.2, 0) is 0 Å². The zero-order valence-corrected chi connectivity index (χ0v) is 11.0. The molecule has 0 saturated carbocycles. The highest BCUT2D eigenvalue weighted by Crippen LogP contribution is 2.38. The normalized spacial score (nSPS) is 14.6. The van der Waals surface area contributed by atoms with Crippen molar-refractivity contribution in [3.8, 4) is 17.4 Å². The molecule has 3 rings (SSSR count). The van der Waals surface area contributed by atoms with E-state index >= 15 is 0 Å². The van der Waals surface area contributed by atoms with Crippen molar-refractivity contribution in [1.82, 2.24) is 10.3 Å². The molecule has 0 aliphatic carbocycles. The Bertz CT molecular complexity index is 601. The van der Waals surface area contributed by atoms with Gasteiger partial charge in [0.05, 0.1) is 0 Å². The van der Waals surface area contributed by atoms with E-state index in [9.17, 15) is 0 Å². The lowest BCUT2D eigenvalue weighted by atomic mass is 10.1. The van der Waals surface area contributed by atoms with Crippen molar-refractivity contribution in [2.45, 2.75) is 13.0 Å². The molecule has 1 aliphatic heterocycles. The van der Waals surface area contributed by atoms with Crippen LogP contribution < -0.4 is 19.5 Å². The quantitative estimate of drug-likeness (QED) is 0.910. The number of nitrogens with one attached hydrogen (secondary N) is 1. The van der Waals surface area contributed by atoms with Crippen molar-refractivity contribution in [2.24, 2.45) is 0 Å². The fourth-order valence-corrected chi connectivity index (χ4v) is 2.15. The molecule has 0 saturated heterocycles. The summed E-state index contributed by atoms with van der Waals surface area (Å²) in [7, 11) is 1.90. The molecule has 0 fully saturated rings. The molecule has 2 aromatic rings. The molecule has 1 aromatic carbocycles. The van der Waals surface area contributed by atoms with Gasteiger partial charge in [-0.05, 0) is 37.6 Å². The minimum Gasteiger partial charge on any atom is -0.473 e. The zero-order valence-electron chi connectivity index (χ0n) is 11.0. The highest BCUT2D eigenvalue weighted by molar-refractivity contribution is 5.90. The average Bonchev–Trinajstić information content (AvgIpc) is 2.84. The first kappa shape index (κ1) is 12.0. The Hall–Kier alpha value is -2.01. The van der Waals surface area contributed by atoms with Crippen molar-refractivity contribution in [3.05, 3.63) is 24.4 Å². The van der Waals surface area contributed by atoms with Crippen LogP contribution in [-0.4, -0.2) is 31.5 Å². The molecule has 0 spiro atoms. The monoisotopic (exact) mass is 260 g/mol. The van der Waals surface area contributed by atoms with E-state index in [1.165, 1.54) is 0 Å². The smallest absolute Gasteiger partial charge is 0.231 e. The number of aromatic nitrogens is 1. The largest absolute Gasteiger partial charge is 0.473 e. The summed E-state index contributed by atoms with van der Waals surface area (Å²) in [5.74, 6) is 2.14. The van der Waals surface area contributed by atoms with Crippen LogP contribution in [0.4, 0.5) is 0 Å². The minimum atomic E-state index is 0.0496. The van der Waals surface area contributed by atoms with Gasteiger partial charge < -0.3 is 19.5 Å². The van der Waals surface area contributed by atoms with E-state index < -0.39 is 0 Å². The SMILES string of the molecule is CNCC(C)Oc1nccc2cc3c(cc12)OCO3. The fourth-order valence-electron chi connectivity index (χ4n) is 2.15. The number of ether oxygens (including phenoxy) is 3. The molecule has 1 aromatic heterocycles. The third kappa shape index (κ3) is 2.29. The lowest BCUT2D eigenvalue weighted by Crippen LogP contribution is -2.26. The van der Waals surface area contributed by atoms with Crippen LogP contribution in [0.5, 0.6) is 17.4 Å². The van der Waals surface area contributed by atoms with Crippen molar-refractivity contribution < 1.29 is 14.2 Å². The summed E-state index contributed by atoms with van der Waals surface area (Å²) in [6, 6.07) is 5.81. The molecular weight excluding hydrogens is 244 g/mol. The number of rotatable bonds is 4. The average molecular weight is 260 g/mol. The summed E-state index contributed by atoms with van der Waals surface area (Å²) in [6.45, 7) is 3.04. The first-order chi connectivity index (χ1) is 9.28. The summed E-state index contributed by atoms with van der Waals surface area (Å²) in [4.78, 5) is 4.31. The van der Waals surface area contributed by atoms with Gasteiger partial charge in [-0.25, -0.2) is 4.98 Å². The maximum absolute atomic E-state index is 5.86. The van der Waals surface area contributed by atoms with E-state index in [0.29, 0.717) is 5.88 Å². The number of hydrogen-bond acceptors (Lipinski definition) is 5. The van der Waals surface area contributed by atoms with E-state index in [0.717, 1.165) is 28.8 Å². The van der Waals surface area contributed by atoms with E-state index in [4.69, 9.17) is 14.2 Å². The minimum absolute atomic E-state index is 0.0496. The molecule has 0 amide bonds. The first-order valence-corrected chi connectivity index (χ1v) is 6.27. The predicted molar refractivity (Wildman–Crippen MR) is 71.9 cm³/mol. The fraction of sp³-hybridized carbons (Fsp3) is 0.357. The van der Waals surface area contributed by atoms with Gasteiger partial charge in [-0.1, -0.05) is 0 Å². The highest BCUT2D eigenvalue weighted by Gasteiger charge is 2.17. The third-order valence-corrected chi connectivity index (χ3v) is 3.03. The number of nitrogens with zero attached hydrogens (tertiary/aromatic N) is 1. The number of pyridine rings is 1. The number of hydrogen-bond donors (Lipinski definition) is 1. The summed E-state index contributed by atoms with van der Waals surface area (Å²) in [6.07, 6.45) is 1.79. The maximum Gasteiger partial charge on any atom is 0.231 e. The standard InChI is InChI=1S/C14H16N2O3/c1-9(7-15-2)19-14-11-6-13-12(17-8-18-13)5-10(11)3-4-16-14/h3-6,9,15H,7-8H2,1-2H3. The lowest BCUT2D eigenvalue weighted by molar-refractivity contribution is 0.174. The number of benzene rings is 1. The summed E-state index contributed by atoms with van der Waals surface area (Å²) >= 11 is 0. The van der Waals surface area contributed by atoms with E-state index in [1.807, 2.05) is 32.2 Å². The lowest BCUT2D eigenvalue weighted by Gasteiger charge is -2.14. The number of fused-ring (bicyclic) bond motifs is 2. The zero-order chi connectivity index (χ0) is 13.2. The van der Waals surface area contributed by atoms with Gasteiger partial charge in [-0.15, -0.1) is 0 Å². The Morgan fingerprint density at radius 3 is 2.95 bits per heavy atom. The van der Waals surface area contributed by atoms with Crippen LogP contribution in [0.3, 0.4) is 0 Å². The third-order valence-electron chi connectivity index (χ3n) is 3.03. The van der Waals surface area contributed by atoms with Gasteiger partial charge in [0.25, 0.3) is 0 Å². The molecule has 5 heteroatoms. The second-order valence-corrected chi connectivity index (χ2v) is 4.53. The van der Waals surface area contributed by atoms with Crippen LogP contribution >= 0.6 is 0 Å². The molecule has 5 nitrogen and oxygen atoms in total. The summed E-state index contributed by atoms with van der Waals surface area (Å²) in [5.41, 5.74) is 0. The van der Waals surface area contributed by atoms with E-state index in [1.54, 1.807) is 6.20 Å². The molecule has 100 valence electrons. The van der Waals surface area contributed by atoms with Crippen LogP contribution in [0.2, 0.25) is 0 Å². The Balaban J connectivity index is 2.00. The van der Waals surface area contributed by atoms with Crippen molar-refractivity contribution in [2.75, 3.05) is 20.4 Å².